The smallest absolute Gasteiger partial charge is 0.262 e. The SMILES string of the molecule is CCc1cc(OCC(=O)Nc2cc(S(=O)(=O)N3CCOCC3)ccc2OC)ccc1Cl. The second kappa shape index (κ2) is 10.3. The maximum absolute atomic E-state index is 12.9. The van der Waals surface area contributed by atoms with Crippen LogP contribution in [0.25, 0.3) is 0 Å². The van der Waals surface area contributed by atoms with E-state index in [-0.39, 0.29) is 30.3 Å². The van der Waals surface area contributed by atoms with Gasteiger partial charge in [0.05, 0.1) is 30.9 Å². The molecule has 8 nitrogen and oxygen atoms in total. The zero-order valence-electron chi connectivity index (χ0n) is 17.4. The largest absolute Gasteiger partial charge is 0.495 e. The van der Waals surface area contributed by atoms with Crippen LogP contribution < -0.4 is 14.8 Å². The van der Waals surface area contributed by atoms with Crippen molar-refractivity contribution >= 4 is 33.2 Å². The van der Waals surface area contributed by atoms with E-state index in [1.54, 1.807) is 18.2 Å². The molecule has 1 heterocycles. The van der Waals surface area contributed by atoms with Crippen LogP contribution in [0.2, 0.25) is 5.02 Å². The van der Waals surface area contributed by atoms with Crippen LogP contribution in [0.15, 0.2) is 41.3 Å². The molecule has 0 atom stereocenters. The highest BCUT2D eigenvalue weighted by molar-refractivity contribution is 7.89. The third-order valence-corrected chi connectivity index (χ3v) is 7.08. The van der Waals surface area contributed by atoms with Crippen molar-refractivity contribution in [3.05, 3.63) is 47.0 Å². The number of amides is 1. The number of aryl methyl sites for hydroxylation is 1. The lowest BCUT2D eigenvalue weighted by atomic mass is 10.1. The van der Waals surface area contributed by atoms with E-state index in [1.807, 2.05) is 6.92 Å². The minimum absolute atomic E-state index is 0.0664. The number of halogens is 1. The van der Waals surface area contributed by atoms with Crippen molar-refractivity contribution in [3.8, 4) is 11.5 Å². The summed E-state index contributed by atoms with van der Waals surface area (Å²) in [5, 5.41) is 3.31. The van der Waals surface area contributed by atoms with Crippen LogP contribution in [-0.2, 0) is 26.0 Å². The van der Waals surface area contributed by atoms with Gasteiger partial charge >= 0.3 is 0 Å². The van der Waals surface area contributed by atoms with Gasteiger partial charge < -0.3 is 19.5 Å². The monoisotopic (exact) mass is 468 g/mol. The van der Waals surface area contributed by atoms with Crippen molar-refractivity contribution in [1.29, 1.82) is 0 Å². The third-order valence-electron chi connectivity index (χ3n) is 4.82. The number of carbonyl (C=O) groups excluding carboxylic acids is 1. The summed E-state index contributed by atoms with van der Waals surface area (Å²) in [6.45, 7) is 2.98. The van der Waals surface area contributed by atoms with Crippen LogP contribution in [0, 0.1) is 0 Å². The molecular formula is C21H25ClN2O6S. The van der Waals surface area contributed by atoms with Gasteiger partial charge in [0.1, 0.15) is 11.5 Å². The van der Waals surface area contributed by atoms with Gasteiger partial charge in [0.2, 0.25) is 10.0 Å². The van der Waals surface area contributed by atoms with E-state index in [0.717, 1.165) is 12.0 Å². The Kier molecular flexibility index (Phi) is 7.77. The summed E-state index contributed by atoms with van der Waals surface area (Å²) >= 11 is 6.10. The number of nitrogens with zero attached hydrogens (tertiary/aromatic N) is 1. The zero-order chi connectivity index (χ0) is 22.4. The molecule has 1 N–H and O–H groups in total. The molecular weight excluding hydrogens is 444 g/mol. The zero-order valence-corrected chi connectivity index (χ0v) is 19.0. The number of ether oxygens (including phenoxy) is 3. The molecule has 1 aliphatic rings. The Hall–Kier alpha value is -2.33. The number of morpholine rings is 1. The standard InChI is InChI=1S/C21H25ClN2O6S/c1-3-15-12-16(4-6-18(15)22)30-14-21(25)23-19-13-17(5-7-20(19)28-2)31(26,27)24-8-10-29-11-9-24/h4-7,12-13H,3,8-11,14H2,1-2H3,(H,23,25). The maximum Gasteiger partial charge on any atom is 0.262 e. The first kappa shape index (κ1) is 23.3. The van der Waals surface area contributed by atoms with Gasteiger partial charge in [-0.1, -0.05) is 18.5 Å². The summed E-state index contributed by atoms with van der Waals surface area (Å²) < 4.78 is 43.2. The number of rotatable bonds is 8. The van der Waals surface area contributed by atoms with Crippen molar-refractivity contribution in [3.63, 3.8) is 0 Å². The Morgan fingerprint density at radius 1 is 1.19 bits per heavy atom. The fourth-order valence-corrected chi connectivity index (χ4v) is 4.81. The molecule has 1 amide bonds. The van der Waals surface area contributed by atoms with E-state index in [9.17, 15) is 13.2 Å². The Bertz CT molecular complexity index is 1040. The molecule has 0 spiro atoms. The lowest BCUT2D eigenvalue weighted by molar-refractivity contribution is -0.118. The second-order valence-corrected chi connectivity index (χ2v) is 9.17. The molecule has 0 bridgehead atoms. The van der Waals surface area contributed by atoms with Gasteiger partial charge in [-0.05, 0) is 48.4 Å². The molecule has 2 aromatic carbocycles. The van der Waals surface area contributed by atoms with Gasteiger partial charge in [-0.25, -0.2) is 8.42 Å². The molecule has 1 fully saturated rings. The first-order valence-electron chi connectivity index (χ1n) is 9.82. The topological polar surface area (TPSA) is 94.2 Å². The molecule has 0 saturated carbocycles. The molecule has 1 saturated heterocycles. The Balaban J connectivity index is 1.72. The number of sulfonamides is 1. The van der Waals surface area contributed by atoms with Gasteiger partial charge in [0, 0.05) is 18.1 Å². The fraction of sp³-hybridized carbons (Fsp3) is 0.381. The first-order valence-corrected chi connectivity index (χ1v) is 11.6. The maximum atomic E-state index is 12.9. The van der Waals surface area contributed by atoms with E-state index in [1.165, 1.54) is 29.6 Å². The summed E-state index contributed by atoms with van der Waals surface area (Å²) in [5.41, 5.74) is 1.16. The van der Waals surface area contributed by atoms with Crippen molar-refractivity contribution in [2.75, 3.05) is 45.3 Å². The predicted octanol–water partition coefficient (Wildman–Crippen LogP) is 2.95. The molecule has 0 unspecified atom stereocenters. The number of carbonyl (C=O) groups is 1. The van der Waals surface area contributed by atoms with Crippen LogP contribution in [0.4, 0.5) is 5.69 Å². The quantitative estimate of drug-likeness (QED) is 0.640. The predicted molar refractivity (Wildman–Crippen MR) is 118 cm³/mol. The van der Waals surface area contributed by atoms with Crippen molar-refractivity contribution in [2.24, 2.45) is 0 Å². The number of methoxy groups -OCH3 is 1. The fourth-order valence-electron chi connectivity index (χ4n) is 3.13. The van der Waals surface area contributed by atoms with Gasteiger partial charge in [-0.3, -0.25) is 4.79 Å². The van der Waals surface area contributed by atoms with Crippen LogP contribution in [0.3, 0.4) is 0 Å². The van der Waals surface area contributed by atoms with E-state index in [0.29, 0.717) is 29.7 Å². The van der Waals surface area contributed by atoms with E-state index >= 15 is 0 Å². The molecule has 10 heteroatoms. The number of nitrogens with one attached hydrogen (secondary N) is 1. The highest BCUT2D eigenvalue weighted by Gasteiger charge is 2.27. The lowest BCUT2D eigenvalue weighted by Crippen LogP contribution is -2.40. The molecule has 0 radical (unpaired) electrons. The minimum atomic E-state index is -3.71. The highest BCUT2D eigenvalue weighted by atomic mass is 35.5. The van der Waals surface area contributed by atoms with Gasteiger partial charge in [-0.15, -0.1) is 0 Å². The van der Waals surface area contributed by atoms with E-state index in [4.69, 9.17) is 25.8 Å². The van der Waals surface area contributed by atoms with Crippen molar-refractivity contribution in [2.45, 2.75) is 18.2 Å². The Morgan fingerprint density at radius 3 is 2.61 bits per heavy atom. The number of anilines is 1. The summed E-state index contributed by atoms with van der Waals surface area (Å²) in [4.78, 5) is 12.5. The van der Waals surface area contributed by atoms with Gasteiger partial charge in [0.15, 0.2) is 6.61 Å². The summed E-state index contributed by atoms with van der Waals surface area (Å²) in [6, 6.07) is 9.54. The number of benzene rings is 2. The highest BCUT2D eigenvalue weighted by Crippen LogP contribution is 2.29. The average Bonchev–Trinajstić information content (AvgIpc) is 2.79. The molecule has 0 aromatic heterocycles. The third kappa shape index (κ3) is 5.68. The molecule has 3 rings (SSSR count). The van der Waals surface area contributed by atoms with E-state index in [2.05, 4.69) is 5.32 Å². The van der Waals surface area contributed by atoms with Crippen molar-refractivity contribution < 1.29 is 27.4 Å². The summed E-state index contributed by atoms with van der Waals surface area (Å²) in [7, 11) is -2.27. The number of hydrogen-bond donors (Lipinski definition) is 1. The average molecular weight is 469 g/mol. The first-order chi connectivity index (χ1) is 14.8. The minimum Gasteiger partial charge on any atom is -0.495 e. The molecule has 168 valence electrons. The van der Waals surface area contributed by atoms with Crippen LogP contribution >= 0.6 is 11.6 Å². The van der Waals surface area contributed by atoms with Crippen LogP contribution in [0.1, 0.15) is 12.5 Å². The van der Waals surface area contributed by atoms with E-state index < -0.39 is 15.9 Å². The number of hydrogen-bond acceptors (Lipinski definition) is 6. The second-order valence-electron chi connectivity index (χ2n) is 6.82. The lowest BCUT2D eigenvalue weighted by Gasteiger charge is -2.26. The molecule has 1 aliphatic heterocycles. The Morgan fingerprint density at radius 2 is 1.94 bits per heavy atom. The van der Waals surface area contributed by atoms with Gasteiger partial charge in [-0.2, -0.15) is 4.31 Å². The van der Waals surface area contributed by atoms with Crippen LogP contribution in [-0.4, -0.2) is 58.7 Å². The van der Waals surface area contributed by atoms with Crippen molar-refractivity contribution in [1.82, 2.24) is 4.31 Å². The normalized spacial score (nSPS) is 14.8. The molecule has 2 aromatic rings. The summed E-state index contributed by atoms with van der Waals surface area (Å²) in [6.07, 6.45) is 0.740. The van der Waals surface area contributed by atoms with Crippen LogP contribution in [0.5, 0.6) is 11.5 Å². The molecule has 0 aliphatic carbocycles. The van der Waals surface area contributed by atoms with Gasteiger partial charge in [0.25, 0.3) is 5.91 Å². The molecule has 31 heavy (non-hydrogen) atoms. The Labute approximate surface area is 187 Å². The summed E-state index contributed by atoms with van der Waals surface area (Å²) in [5.74, 6) is 0.410.